The second kappa shape index (κ2) is 6.18. The van der Waals surface area contributed by atoms with Crippen LogP contribution in [0, 0.1) is 0 Å². The third kappa shape index (κ3) is 5.85. The first-order chi connectivity index (χ1) is 6.00. The molecule has 0 heterocycles. The molecular weight excluding hydrogens is 188 g/mol. The average Bonchev–Trinajstić information content (AvgIpc) is 2.03. The summed E-state index contributed by atoms with van der Waals surface area (Å²) in [6.07, 6.45) is -5.02. The summed E-state index contributed by atoms with van der Waals surface area (Å²) in [5.41, 5.74) is 0. The highest BCUT2D eigenvalue weighted by Gasteiger charge is 2.41. The van der Waals surface area contributed by atoms with Crippen molar-refractivity contribution in [2.75, 3.05) is 6.61 Å². The van der Waals surface area contributed by atoms with Gasteiger partial charge < -0.3 is 4.74 Å². The second-order valence-electron chi connectivity index (χ2n) is 2.77. The van der Waals surface area contributed by atoms with E-state index in [1.54, 1.807) is 0 Å². The van der Waals surface area contributed by atoms with Crippen molar-refractivity contribution in [3.05, 3.63) is 0 Å². The molecule has 0 unspecified atom stereocenters. The quantitative estimate of drug-likeness (QED) is 0.454. The maximum absolute atomic E-state index is 12.1. The van der Waals surface area contributed by atoms with Crippen LogP contribution >= 0.6 is 0 Å². The molecule has 0 aliphatic rings. The fourth-order valence-corrected chi connectivity index (χ4v) is 0.800. The molecule has 0 saturated heterocycles. The minimum atomic E-state index is -4.29. The molecule has 0 aromatic heterocycles. The molecule has 0 aromatic rings. The van der Waals surface area contributed by atoms with E-state index in [-0.39, 0.29) is 6.61 Å². The lowest BCUT2D eigenvalue weighted by atomic mass is 10.2. The summed E-state index contributed by atoms with van der Waals surface area (Å²) < 4.78 is 50.9. The predicted molar refractivity (Wildman–Crippen MR) is 41.0 cm³/mol. The second-order valence-corrected chi connectivity index (χ2v) is 2.77. The summed E-state index contributed by atoms with van der Waals surface area (Å²) in [4.78, 5) is 0. The molecule has 5 heteroatoms. The van der Waals surface area contributed by atoms with E-state index in [1.165, 1.54) is 0 Å². The zero-order chi connectivity index (χ0) is 10.3. The molecule has 13 heavy (non-hydrogen) atoms. The van der Waals surface area contributed by atoms with Gasteiger partial charge in [-0.2, -0.15) is 8.78 Å². The first-order valence-electron chi connectivity index (χ1n) is 4.30. The molecule has 0 bridgehead atoms. The van der Waals surface area contributed by atoms with E-state index in [9.17, 15) is 17.6 Å². The van der Waals surface area contributed by atoms with Gasteiger partial charge in [0.25, 0.3) is 0 Å². The number of unbranched alkanes of at least 4 members (excludes halogenated alkanes) is 3. The third-order valence-electron chi connectivity index (χ3n) is 1.55. The molecule has 80 valence electrons. The van der Waals surface area contributed by atoms with Crippen molar-refractivity contribution < 1.29 is 22.3 Å². The van der Waals surface area contributed by atoms with E-state index in [0.717, 1.165) is 19.3 Å². The highest BCUT2D eigenvalue weighted by atomic mass is 19.3. The van der Waals surface area contributed by atoms with E-state index in [2.05, 4.69) is 4.74 Å². The lowest BCUT2D eigenvalue weighted by Crippen LogP contribution is -2.30. The molecule has 0 rings (SSSR count). The van der Waals surface area contributed by atoms with E-state index < -0.39 is 12.5 Å². The van der Waals surface area contributed by atoms with Gasteiger partial charge in [-0.15, -0.1) is 0 Å². The normalized spacial score (nSPS) is 12.5. The zero-order valence-corrected chi connectivity index (χ0v) is 7.53. The Balaban J connectivity index is 3.41. The standard InChI is InChI=1S/C8H14F4O/c1-2-3-4-5-6-13-8(11,12)7(9)10/h7H,2-6H2,1H3. The number of halogens is 4. The largest absolute Gasteiger partial charge is 0.416 e. The van der Waals surface area contributed by atoms with Crippen molar-refractivity contribution in [3.63, 3.8) is 0 Å². The first-order valence-corrected chi connectivity index (χ1v) is 4.30. The average molecular weight is 202 g/mol. The van der Waals surface area contributed by atoms with Gasteiger partial charge in [0.1, 0.15) is 0 Å². The van der Waals surface area contributed by atoms with Crippen LogP contribution in [0.2, 0.25) is 0 Å². The Kier molecular flexibility index (Phi) is 6.03. The highest BCUT2D eigenvalue weighted by molar-refractivity contribution is 4.54. The SMILES string of the molecule is CCCCCCOC(F)(F)C(F)F. The summed E-state index contributed by atoms with van der Waals surface area (Å²) in [5, 5.41) is 0. The summed E-state index contributed by atoms with van der Waals surface area (Å²) >= 11 is 0. The lowest BCUT2D eigenvalue weighted by Gasteiger charge is -2.15. The Bertz CT molecular complexity index is 127. The summed E-state index contributed by atoms with van der Waals surface area (Å²) in [7, 11) is 0. The number of rotatable bonds is 7. The van der Waals surface area contributed by atoms with Crippen molar-refractivity contribution in [1.82, 2.24) is 0 Å². The molecule has 0 saturated carbocycles. The maximum atomic E-state index is 12.1. The fraction of sp³-hybridized carbons (Fsp3) is 1.00. The Morgan fingerprint density at radius 1 is 1.15 bits per heavy atom. The van der Waals surface area contributed by atoms with Crippen LogP contribution in [0.1, 0.15) is 32.6 Å². The molecule has 0 aliphatic heterocycles. The Labute approximate surface area is 75.1 Å². The van der Waals surface area contributed by atoms with Crippen LogP contribution in [0.25, 0.3) is 0 Å². The minimum absolute atomic E-state index is 0.308. The van der Waals surface area contributed by atoms with Gasteiger partial charge in [0.2, 0.25) is 0 Å². The predicted octanol–water partition coefficient (Wildman–Crippen LogP) is 3.44. The van der Waals surface area contributed by atoms with E-state index in [0.29, 0.717) is 6.42 Å². The smallest absolute Gasteiger partial charge is 0.316 e. The van der Waals surface area contributed by atoms with Crippen LogP contribution < -0.4 is 0 Å². The monoisotopic (exact) mass is 202 g/mol. The van der Waals surface area contributed by atoms with Crippen LogP contribution in [0.4, 0.5) is 17.6 Å². The first kappa shape index (κ1) is 12.7. The topological polar surface area (TPSA) is 9.23 Å². The summed E-state index contributed by atoms with van der Waals surface area (Å²) in [6.45, 7) is 1.66. The highest BCUT2D eigenvalue weighted by Crippen LogP contribution is 2.24. The van der Waals surface area contributed by atoms with Gasteiger partial charge in [-0.25, -0.2) is 8.78 Å². The number of ether oxygens (including phenoxy) is 1. The molecule has 1 nitrogen and oxygen atoms in total. The molecule has 0 spiro atoms. The molecule has 0 fully saturated rings. The molecular formula is C8H14F4O. The van der Waals surface area contributed by atoms with Gasteiger partial charge in [0.05, 0.1) is 6.61 Å². The summed E-state index contributed by atoms with van der Waals surface area (Å²) in [5.74, 6) is 0. The Morgan fingerprint density at radius 2 is 1.77 bits per heavy atom. The number of alkyl halides is 4. The van der Waals surface area contributed by atoms with Crippen LogP contribution in [-0.2, 0) is 4.74 Å². The summed E-state index contributed by atoms with van der Waals surface area (Å²) in [6, 6.07) is 0. The lowest BCUT2D eigenvalue weighted by molar-refractivity contribution is -0.300. The van der Waals surface area contributed by atoms with Crippen LogP contribution in [-0.4, -0.2) is 19.1 Å². The molecule has 0 N–H and O–H groups in total. The van der Waals surface area contributed by atoms with Gasteiger partial charge in [0, 0.05) is 0 Å². The minimum Gasteiger partial charge on any atom is -0.316 e. The van der Waals surface area contributed by atoms with Crippen molar-refractivity contribution in [2.24, 2.45) is 0 Å². The van der Waals surface area contributed by atoms with Crippen molar-refractivity contribution in [1.29, 1.82) is 0 Å². The molecule has 0 aliphatic carbocycles. The van der Waals surface area contributed by atoms with Gasteiger partial charge in [-0.3, -0.25) is 0 Å². The number of hydrogen-bond donors (Lipinski definition) is 0. The van der Waals surface area contributed by atoms with E-state index >= 15 is 0 Å². The fourth-order valence-electron chi connectivity index (χ4n) is 0.800. The zero-order valence-electron chi connectivity index (χ0n) is 7.53. The number of hydrogen-bond acceptors (Lipinski definition) is 1. The van der Waals surface area contributed by atoms with Gasteiger partial charge in [-0.1, -0.05) is 26.2 Å². The van der Waals surface area contributed by atoms with Crippen molar-refractivity contribution in [3.8, 4) is 0 Å². The molecule has 0 aromatic carbocycles. The van der Waals surface area contributed by atoms with Crippen LogP contribution in [0.5, 0.6) is 0 Å². The van der Waals surface area contributed by atoms with E-state index in [1.807, 2.05) is 6.92 Å². The van der Waals surface area contributed by atoms with Gasteiger partial charge in [-0.05, 0) is 6.42 Å². The van der Waals surface area contributed by atoms with Gasteiger partial charge >= 0.3 is 12.5 Å². The Morgan fingerprint density at radius 3 is 2.23 bits per heavy atom. The maximum Gasteiger partial charge on any atom is 0.416 e. The third-order valence-corrected chi connectivity index (χ3v) is 1.55. The molecule has 0 atom stereocenters. The van der Waals surface area contributed by atoms with Crippen molar-refractivity contribution in [2.45, 2.75) is 45.1 Å². The molecule has 0 amide bonds. The van der Waals surface area contributed by atoms with Crippen molar-refractivity contribution >= 4 is 0 Å². The van der Waals surface area contributed by atoms with Gasteiger partial charge in [0.15, 0.2) is 0 Å². The van der Waals surface area contributed by atoms with Crippen LogP contribution in [0.3, 0.4) is 0 Å². The van der Waals surface area contributed by atoms with E-state index in [4.69, 9.17) is 0 Å². The van der Waals surface area contributed by atoms with Crippen LogP contribution in [0.15, 0.2) is 0 Å². The molecule has 0 radical (unpaired) electrons. The Hall–Kier alpha value is -0.320.